The molecule has 1 atom stereocenters. The van der Waals surface area contributed by atoms with Crippen molar-refractivity contribution >= 4 is 15.9 Å². The highest BCUT2D eigenvalue weighted by atomic mass is 79.9. The van der Waals surface area contributed by atoms with Gasteiger partial charge in [-0.3, -0.25) is 0 Å². The largest absolute Gasteiger partial charge is 0.453 e. The van der Waals surface area contributed by atoms with Crippen LogP contribution in [0.4, 0.5) is 0 Å². The molecule has 1 heterocycles. The van der Waals surface area contributed by atoms with E-state index < -0.39 is 0 Å². The number of hydrogen-bond acceptors (Lipinski definition) is 2. The summed E-state index contributed by atoms with van der Waals surface area (Å²) < 4.78 is 6.24. The number of unbranched alkanes of at least 4 members (excludes halogenated alkanes) is 1. The fraction of sp³-hybridized carbons (Fsp3) is 0.455. The van der Waals surface area contributed by atoms with Crippen molar-refractivity contribution in [3.63, 3.8) is 0 Å². The Labute approximate surface area is 93.2 Å². The van der Waals surface area contributed by atoms with Gasteiger partial charge in [-0.1, -0.05) is 0 Å². The normalized spacial score (nSPS) is 12.4. The molecule has 0 aliphatic heterocycles. The van der Waals surface area contributed by atoms with Gasteiger partial charge in [-0.05, 0) is 48.0 Å². The van der Waals surface area contributed by atoms with Gasteiger partial charge < -0.3 is 9.73 Å². The van der Waals surface area contributed by atoms with E-state index in [-0.39, 0.29) is 6.04 Å². The Morgan fingerprint density at radius 1 is 1.64 bits per heavy atom. The van der Waals surface area contributed by atoms with Gasteiger partial charge in [-0.15, -0.1) is 12.3 Å². The van der Waals surface area contributed by atoms with Gasteiger partial charge in [0.15, 0.2) is 4.67 Å². The van der Waals surface area contributed by atoms with E-state index in [1.165, 1.54) is 0 Å². The third-order valence-corrected chi connectivity index (χ3v) is 2.53. The van der Waals surface area contributed by atoms with Gasteiger partial charge >= 0.3 is 0 Å². The second-order valence-electron chi connectivity index (χ2n) is 3.08. The molecule has 1 N–H and O–H groups in total. The van der Waals surface area contributed by atoms with Gasteiger partial charge in [0.1, 0.15) is 5.76 Å². The van der Waals surface area contributed by atoms with Crippen LogP contribution in [0.25, 0.3) is 0 Å². The predicted molar refractivity (Wildman–Crippen MR) is 60.9 cm³/mol. The Morgan fingerprint density at radius 3 is 2.93 bits per heavy atom. The fourth-order valence-corrected chi connectivity index (χ4v) is 1.67. The first-order valence-corrected chi connectivity index (χ1v) is 5.43. The molecule has 1 aromatic rings. The molecule has 1 aromatic heterocycles. The number of furan rings is 1. The Kier molecular flexibility index (Phi) is 4.78. The maximum Gasteiger partial charge on any atom is 0.169 e. The molecule has 76 valence electrons. The summed E-state index contributed by atoms with van der Waals surface area (Å²) >= 11 is 3.28. The molecule has 0 amide bonds. The Balaban J connectivity index is 2.50. The van der Waals surface area contributed by atoms with E-state index in [0.717, 1.165) is 29.7 Å². The van der Waals surface area contributed by atoms with E-state index in [4.69, 9.17) is 10.8 Å². The third kappa shape index (κ3) is 3.21. The van der Waals surface area contributed by atoms with Crippen molar-refractivity contribution < 1.29 is 4.42 Å². The van der Waals surface area contributed by atoms with Crippen LogP contribution >= 0.6 is 15.9 Å². The molecule has 0 radical (unpaired) electrons. The Morgan fingerprint density at radius 2 is 2.43 bits per heavy atom. The smallest absolute Gasteiger partial charge is 0.169 e. The first-order chi connectivity index (χ1) is 6.77. The summed E-state index contributed by atoms with van der Waals surface area (Å²) in [6.07, 6.45) is 8.03. The lowest BCUT2D eigenvalue weighted by atomic mass is 10.1. The van der Waals surface area contributed by atoms with E-state index in [2.05, 4.69) is 27.2 Å². The molecule has 0 saturated carbocycles. The van der Waals surface area contributed by atoms with Crippen molar-refractivity contribution in [1.29, 1.82) is 0 Å². The van der Waals surface area contributed by atoms with Crippen LogP contribution in [0.1, 0.15) is 31.1 Å². The standard InChI is InChI=1S/C11H14BrNO/c1-3-4-5-6-9(13-2)10-7-8-11(12)14-10/h1,7-9,13H,4-6H2,2H3. The lowest BCUT2D eigenvalue weighted by Crippen LogP contribution is -2.15. The summed E-state index contributed by atoms with van der Waals surface area (Å²) in [4.78, 5) is 0. The lowest BCUT2D eigenvalue weighted by molar-refractivity contribution is 0.399. The zero-order chi connectivity index (χ0) is 10.4. The zero-order valence-electron chi connectivity index (χ0n) is 8.22. The van der Waals surface area contributed by atoms with Crippen LogP contribution in [0.5, 0.6) is 0 Å². The minimum absolute atomic E-state index is 0.259. The molecule has 2 nitrogen and oxygen atoms in total. The number of halogens is 1. The highest BCUT2D eigenvalue weighted by Gasteiger charge is 2.12. The average Bonchev–Trinajstić information content (AvgIpc) is 2.60. The van der Waals surface area contributed by atoms with E-state index in [9.17, 15) is 0 Å². The molecule has 3 heteroatoms. The molecule has 0 fully saturated rings. The topological polar surface area (TPSA) is 25.2 Å². The average molecular weight is 256 g/mol. The van der Waals surface area contributed by atoms with Crippen LogP contribution in [-0.2, 0) is 0 Å². The van der Waals surface area contributed by atoms with E-state index in [1.54, 1.807) is 0 Å². The molecule has 0 aromatic carbocycles. The molecule has 0 saturated heterocycles. The maximum absolute atomic E-state index is 5.47. The monoisotopic (exact) mass is 255 g/mol. The Hall–Kier alpha value is -0.720. The molecule has 1 unspecified atom stereocenters. The van der Waals surface area contributed by atoms with Gasteiger partial charge in [0.05, 0.1) is 6.04 Å². The van der Waals surface area contributed by atoms with Crippen molar-refractivity contribution in [3.8, 4) is 12.3 Å². The van der Waals surface area contributed by atoms with Gasteiger partial charge in [0.25, 0.3) is 0 Å². The number of hydrogen-bond donors (Lipinski definition) is 1. The maximum atomic E-state index is 5.47. The lowest BCUT2D eigenvalue weighted by Gasteiger charge is -2.12. The van der Waals surface area contributed by atoms with E-state index >= 15 is 0 Å². The van der Waals surface area contributed by atoms with Crippen molar-refractivity contribution in [3.05, 3.63) is 22.6 Å². The Bertz CT molecular complexity index is 313. The van der Waals surface area contributed by atoms with Crippen LogP contribution in [0.3, 0.4) is 0 Å². The van der Waals surface area contributed by atoms with Crippen LogP contribution < -0.4 is 5.32 Å². The highest BCUT2D eigenvalue weighted by molar-refractivity contribution is 9.10. The van der Waals surface area contributed by atoms with E-state index in [0.29, 0.717) is 0 Å². The zero-order valence-corrected chi connectivity index (χ0v) is 9.80. The second kappa shape index (κ2) is 5.90. The van der Waals surface area contributed by atoms with Crippen LogP contribution in [-0.4, -0.2) is 7.05 Å². The second-order valence-corrected chi connectivity index (χ2v) is 3.86. The van der Waals surface area contributed by atoms with Crippen LogP contribution in [0, 0.1) is 12.3 Å². The van der Waals surface area contributed by atoms with Gasteiger partial charge in [0.2, 0.25) is 0 Å². The van der Waals surface area contributed by atoms with Gasteiger partial charge in [-0.2, -0.15) is 0 Å². The molecular weight excluding hydrogens is 242 g/mol. The molecular formula is C11H14BrNO. The summed E-state index contributed by atoms with van der Waals surface area (Å²) in [5.41, 5.74) is 0. The summed E-state index contributed by atoms with van der Waals surface area (Å²) in [5.74, 6) is 3.59. The molecule has 1 rings (SSSR count). The summed E-state index contributed by atoms with van der Waals surface area (Å²) in [6.45, 7) is 0. The molecule has 0 bridgehead atoms. The fourth-order valence-electron chi connectivity index (χ4n) is 1.35. The number of nitrogens with one attached hydrogen (secondary N) is 1. The minimum Gasteiger partial charge on any atom is -0.453 e. The SMILES string of the molecule is C#CCCCC(NC)c1ccc(Br)o1. The first-order valence-electron chi connectivity index (χ1n) is 4.64. The third-order valence-electron chi connectivity index (χ3n) is 2.10. The molecule has 14 heavy (non-hydrogen) atoms. The highest BCUT2D eigenvalue weighted by Crippen LogP contribution is 2.23. The van der Waals surface area contributed by atoms with Crippen LogP contribution in [0.15, 0.2) is 21.2 Å². The van der Waals surface area contributed by atoms with Gasteiger partial charge in [-0.25, -0.2) is 0 Å². The summed E-state index contributed by atoms with van der Waals surface area (Å²) in [7, 11) is 1.93. The molecule has 0 aliphatic carbocycles. The predicted octanol–water partition coefficient (Wildman–Crippen LogP) is 3.11. The quantitative estimate of drug-likeness (QED) is 0.646. The molecule has 0 spiro atoms. The van der Waals surface area contributed by atoms with Crippen molar-refractivity contribution in [1.82, 2.24) is 5.32 Å². The number of terminal acetylenes is 1. The first kappa shape index (κ1) is 11.4. The number of rotatable bonds is 5. The van der Waals surface area contributed by atoms with Crippen molar-refractivity contribution in [2.24, 2.45) is 0 Å². The van der Waals surface area contributed by atoms with Crippen molar-refractivity contribution in [2.45, 2.75) is 25.3 Å². The summed E-state index contributed by atoms with van der Waals surface area (Å²) in [6, 6.07) is 4.14. The van der Waals surface area contributed by atoms with Crippen LogP contribution in [0.2, 0.25) is 0 Å². The molecule has 0 aliphatic rings. The van der Waals surface area contributed by atoms with Crippen molar-refractivity contribution in [2.75, 3.05) is 7.05 Å². The van der Waals surface area contributed by atoms with E-state index in [1.807, 2.05) is 19.2 Å². The minimum atomic E-state index is 0.259. The van der Waals surface area contributed by atoms with Gasteiger partial charge in [0, 0.05) is 6.42 Å². The summed E-state index contributed by atoms with van der Waals surface area (Å²) in [5, 5.41) is 3.21.